The topological polar surface area (TPSA) is 417 Å². The van der Waals surface area contributed by atoms with Gasteiger partial charge in [-0.1, -0.05) is 83.0 Å². The van der Waals surface area contributed by atoms with Gasteiger partial charge in [0.05, 0.1) is 0 Å². The third-order valence-corrected chi connectivity index (χ3v) is 20.0. The fraction of sp³-hybridized carbons (Fsp3) is 0.611. The Bertz CT molecular complexity index is 3600. The maximum absolute atomic E-state index is 14.1. The number of carbonyl (C=O) groups excluding carboxylic acids is 14. The minimum atomic E-state index is -1.72. The van der Waals surface area contributed by atoms with Crippen molar-refractivity contribution in [3.05, 3.63) is 60.2 Å². The first-order valence-corrected chi connectivity index (χ1v) is 37.0. The van der Waals surface area contributed by atoms with E-state index in [-0.39, 0.29) is 12.3 Å². The average Bonchev–Trinajstić information content (AvgIpc) is 0.961. The Kier molecular flexibility index (Phi) is 30.4. The molecular formula is C72H110N14O15S2. The molecule has 0 radical (unpaired) electrons. The first kappa shape index (κ1) is 86.7. The zero-order valence-electron chi connectivity index (χ0n) is 63.4. The lowest BCUT2D eigenvalue weighted by atomic mass is 9.92. The van der Waals surface area contributed by atoms with Crippen LogP contribution in [0, 0.1) is 0 Å². The van der Waals surface area contributed by atoms with E-state index in [1.165, 1.54) is 123 Å². The van der Waals surface area contributed by atoms with Crippen molar-refractivity contribution < 1.29 is 71.9 Å². The average molecular weight is 1480 g/mol. The summed E-state index contributed by atoms with van der Waals surface area (Å²) < 4.78 is 5.51. The zero-order chi connectivity index (χ0) is 78.1. The lowest BCUT2D eigenvalue weighted by molar-refractivity contribution is -0.139. The summed E-state index contributed by atoms with van der Waals surface area (Å²) in [4.78, 5) is 189. The van der Waals surface area contributed by atoms with Gasteiger partial charge in [0.1, 0.15) is 81.1 Å². The number of fused-ring (bicyclic) bond motifs is 2. The molecule has 14 amide bonds. The molecule has 1 aliphatic rings. The van der Waals surface area contributed by atoms with Crippen molar-refractivity contribution in [1.29, 1.82) is 0 Å². The van der Waals surface area contributed by atoms with Crippen LogP contribution in [0.3, 0.4) is 0 Å². The molecule has 8 atom stereocenters. The number of alkyl carbamates (subject to hydrolysis) is 1. The van der Waals surface area contributed by atoms with Crippen LogP contribution in [0.1, 0.15) is 183 Å². The molecule has 1 fully saturated rings. The van der Waals surface area contributed by atoms with Crippen LogP contribution in [0.2, 0.25) is 0 Å². The Morgan fingerprint density at radius 3 is 1.05 bits per heavy atom. The summed E-state index contributed by atoms with van der Waals surface area (Å²) in [6, 6.07) is 8.49. The summed E-state index contributed by atoms with van der Waals surface area (Å²) in [6.45, 7) is 30.3. The summed E-state index contributed by atoms with van der Waals surface area (Å²) in [6.07, 6.45) is 4.37. The number of hydrogen-bond acceptors (Lipinski definition) is 17. The molecule has 1 heterocycles. The lowest BCUT2D eigenvalue weighted by Gasteiger charge is -2.32. The van der Waals surface area contributed by atoms with Crippen LogP contribution in [0.15, 0.2) is 54.6 Å². The molecule has 0 spiro atoms. The number of rotatable bonds is 34. The molecule has 4 rings (SSSR count). The van der Waals surface area contributed by atoms with Crippen LogP contribution in [0.25, 0.3) is 21.5 Å². The van der Waals surface area contributed by atoms with Crippen LogP contribution in [0.4, 0.5) is 4.79 Å². The third kappa shape index (κ3) is 26.2. The van der Waals surface area contributed by atoms with Gasteiger partial charge < -0.3 is 79.2 Å². The fourth-order valence-corrected chi connectivity index (χ4v) is 13.3. The number of nitrogens with one attached hydrogen (secondary N) is 14. The molecule has 570 valence electrons. The van der Waals surface area contributed by atoms with E-state index in [1.807, 2.05) is 76.2 Å². The smallest absolute Gasteiger partial charge is 0.408 e. The maximum Gasteiger partial charge on any atom is 0.408 e. The van der Waals surface area contributed by atoms with Gasteiger partial charge in [-0.2, -0.15) is 0 Å². The van der Waals surface area contributed by atoms with Crippen LogP contribution < -0.4 is 74.4 Å². The highest BCUT2D eigenvalue weighted by Gasteiger charge is 2.42. The Labute approximate surface area is 612 Å². The summed E-state index contributed by atoms with van der Waals surface area (Å²) >= 11 is 0. The van der Waals surface area contributed by atoms with E-state index in [1.54, 1.807) is 34.6 Å². The lowest BCUT2D eigenvalue weighted by Crippen LogP contribution is -2.65. The van der Waals surface area contributed by atoms with Gasteiger partial charge in [-0.05, 0) is 198 Å². The number of carbonyl (C=O) groups is 14. The molecule has 14 N–H and O–H groups in total. The standard InChI is InChI=1S/C72H110N14O15S2/c1-39(74-58(93)51(80-65(100)101-66(7,8)9)38-50-48-32-26-24-29-45(48)37-46-30-25-27-33-49(46)50)52(87)82-68(12,13)60(95)76-41(3)54(89)84-70(16,17)62(97)78-43(5)56(91)86-72(20,21)64(99)79-44(6)57(92)85-71(18,19)63(98)77-42(4)55(90)83-69(14,15)61(96)75-40(2)53(88)81-67(10,11)59(94)73-35-28-22-23-31-47-34-36-102-103-47/h24-27,29-30,32-33,37,39-44,47,51H,22-23,28,31,34-36,38H2,1-21H3,(H,73,94)(H,74,93)(H,75,96)(H,76,95)(H,77,98)(H,78,97)(H,79,99)(H,80,100)(H,81,88)(H,82,87)(H,83,90)(H,84,89)(H,85,92)(H,86,91). The van der Waals surface area contributed by atoms with E-state index in [0.717, 1.165) is 52.8 Å². The number of unbranched alkanes of at least 4 members (excludes halogenated alkanes) is 2. The molecule has 103 heavy (non-hydrogen) atoms. The Hall–Kier alpha value is -8.74. The second-order valence-electron chi connectivity index (χ2n) is 30.5. The van der Waals surface area contributed by atoms with E-state index >= 15 is 0 Å². The summed E-state index contributed by atoms with van der Waals surface area (Å²) in [5.41, 5.74) is -9.85. The van der Waals surface area contributed by atoms with Crippen molar-refractivity contribution in [2.24, 2.45) is 0 Å². The Morgan fingerprint density at radius 1 is 0.408 bits per heavy atom. The molecular weight excluding hydrogens is 1370 g/mol. The molecule has 1 aliphatic heterocycles. The number of amides is 14. The molecule has 3 aromatic rings. The first-order chi connectivity index (χ1) is 47.4. The van der Waals surface area contributed by atoms with Gasteiger partial charge >= 0.3 is 6.09 Å². The summed E-state index contributed by atoms with van der Waals surface area (Å²) in [7, 11) is 3.85. The number of benzene rings is 3. The molecule has 0 aromatic heterocycles. The quantitative estimate of drug-likeness (QED) is 0.0230. The van der Waals surface area contributed by atoms with Crippen molar-refractivity contribution in [3.63, 3.8) is 0 Å². The SMILES string of the molecule is CC(NC(=O)C(Cc1c2ccccc2cc2ccccc12)NC(=O)OC(C)(C)C)C(=O)NC(C)(C)C(=O)NC(C)C(=O)NC(C)(C)C(=O)NC(C)C(=O)NC(C)(C)C(=O)NC(C)C(=O)NC(C)(C)C(=O)NC(C)C(=O)NC(C)(C)C(=O)NC(C)C(=O)NC(C)(C)C(=O)NCCCCCC1CCSS1. The van der Waals surface area contributed by atoms with Crippen molar-refractivity contribution >= 4 is 126 Å². The molecule has 0 aliphatic carbocycles. The van der Waals surface area contributed by atoms with Crippen molar-refractivity contribution in [1.82, 2.24) is 74.4 Å². The zero-order valence-corrected chi connectivity index (χ0v) is 65.0. The first-order valence-electron chi connectivity index (χ1n) is 34.6. The highest BCUT2D eigenvalue weighted by Crippen LogP contribution is 2.40. The third-order valence-electron chi connectivity index (χ3n) is 17.0. The molecule has 31 heteroatoms. The summed E-state index contributed by atoms with van der Waals surface area (Å²) in [5, 5.41) is 40.4. The Balaban J connectivity index is 1.23. The predicted octanol–water partition coefficient (Wildman–Crippen LogP) is 3.66. The fourth-order valence-electron chi connectivity index (χ4n) is 10.3. The highest BCUT2D eigenvalue weighted by atomic mass is 33.1. The van der Waals surface area contributed by atoms with Crippen LogP contribution in [-0.2, 0) is 73.5 Å². The predicted molar refractivity (Wildman–Crippen MR) is 397 cm³/mol. The van der Waals surface area contributed by atoms with E-state index in [9.17, 15) is 67.1 Å². The van der Waals surface area contributed by atoms with Crippen molar-refractivity contribution in [3.8, 4) is 0 Å². The molecule has 0 saturated carbocycles. The minimum Gasteiger partial charge on any atom is -0.444 e. The van der Waals surface area contributed by atoms with Gasteiger partial charge in [0, 0.05) is 24.0 Å². The van der Waals surface area contributed by atoms with Gasteiger partial charge in [0.2, 0.25) is 76.8 Å². The second kappa shape index (κ2) is 36.1. The van der Waals surface area contributed by atoms with E-state index < -0.39 is 158 Å². The van der Waals surface area contributed by atoms with E-state index in [2.05, 4.69) is 74.4 Å². The van der Waals surface area contributed by atoms with Gasteiger partial charge in [-0.3, -0.25) is 62.3 Å². The maximum atomic E-state index is 14.1. The molecule has 8 unspecified atom stereocenters. The monoisotopic (exact) mass is 1470 g/mol. The van der Waals surface area contributed by atoms with Gasteiger partial charge in [0.15, 0.2) is 0 Å². The number of ether oxygens (including phenoxy) is 1. The van der Waals surface area contributed by atoms with Crippen LogP contribution >= 0.6 is 21.6 Å². The van der Waals surface area contributed by atoms with Crippen molar-refractivity contribution in [2.45, 2.75) is 270 Å². The molecule has 3 aromatic carbocycles. The molecule has 1 saturated heterocycles. The van der Waals surface area contributed by atoms with E-state index in [4.69, 9.17) is 4.74 Å². The summed E-state index contributed by atoms with van der Waals surface area (Å²) in [5.74, 6) is -8.73. The number of hydrogen-bond donors (Lipinski definition) is 14. The largest absolute Gasteiger partial charge is 0.444 e. The van der Waals surface area contributed by atoms with Crippen LogP contribution in [0.5, 0.6) is 0 Å². The van der Waals surface area contributed by atoms with Gasteiger partial charge in [0.25, 0.3) is 0 Å². The second-order valence-corrected chi connectivity index (χ2v) is 33.3. The van der Waals surface area contributed by atoms with E-state index in [0.29, 0.717) is 11.8 Å². The van der Waals surface area contributed by atoms with Gasteiger partial charge in [-0.15, -0.1) is 0 Å². The normalized spacial score (nSPS) is 15.7. The minimum absolute atomic E-state index is 0.0114. The Morgan fingerprint density at radius 2 is 0.728 bits per heavy atom. The van der Waals surface area contributed by atoms with Gasteiger partial charge in [-0.25, -0.2) is 4.79 Å². The molecule has 29 nitrogen and oxygen atoms in total. The van der Waals surface area contributed by atoms with Crippen molar-refractivity contribution in [2.75, 3.05) is 12.3 Å². The van der Waals surface area contributed by atoms with Crippen LogP contribution in [-0.4, -0.2) is 182 Å². The highest BCUT2D eigenvalue weighted by molar-refractivity contribution is 8.77. The molecule has 0 bridgehead atoms.